The van der Waals surface area contributed by atoms with E-state index in [1.54, 1.807) is 39.9 Å². The van der Waals surface area contributed by atoms with Gasteiger partial charge < -0.3 is 4.90 Å². The Balaban J connectivity index is 2.04. The van der Waals surface area contributed by atoms with Gasteiger partial charge in [-0.15, -0.1) is 10.2 Å². The molecule has 0 saturated carbocycles. The average molecular weight is 370 g/mol. The van der Waals surface area contributed by atoms with Crippen LogP contribution in [-0.2, 0) is 0 Å². The quantitative estimate of drug-likeness (QED) is 0.552. The van der Waals surface area contributed by atoms with Crippen LogP contribution in [0.25, 0.3) is 28.4 Å². The van der Waals surface area contributed by atoms with E-state index in [2.05, 4.69) is 25.1 Å². The van der Waals surface area contributed by atoms with Gasteiger partial charge in [0.15, 0.2) is 16.6 Å². The topological polar surface area (TPSA) is 72.6 Å². The smallest absolute Gasteiger partial charge is 0.226 e. The van der Waals surface area contributed by atoms with E-state index in [4.69, 9.17) is 11.6 Å². The Bertz CT molecular complexity index is 1090. The molecule has 0 fully saturated rings. The van der Waals surface area contributed by atoms with Crippen molar-refractivity contribution in [3.05, 3.63) is 53.6 Å². The number of hydrogen-bond acceptors (Lipinski definition) is 6. The first-order chi connectivity index (χ1) is 12.5. The van der Waals surface area contributed by atoms with Gasteiger partial charge in [-0.25, -0.2) is 14.4 Å². The van der Waals surface area contributed by atoms with Gasteiger partial charge >= 0.3 is 0 Å². The molecule has 4 aromatic rings. The summed E-state index contributed by atoms with van der Waals surface area (Å²) in [5.74, 6) is 1.12. The minimum atomic E-state index is -0.358. The number of hydrogen-bond donors (Lipinski definition) is 0. The molecule has 1 aromatic carbocycles. The average Bonchev–Trinajstić information content (AvgIpc) is 3.01. The molecule has 7 nitrogen and oxygen atoms in total. The van der Waals surface area contributed by atoms with Crippen LogP contribution in [0.5, 0.6) is 0 Å². The van der Waals surface area contributed by atoms with Gasteiger partial charge in [-0.05, 0) is 24.3 Å². The molecule has 4 rings (SSSR count). The van der Waals surface area contributed by atoms with Crippen molar-refractivity contribution in [3.63, 3.8) is 0 Å². The van der Waals surface area contributed by atoms with Crippen molar-refractivity contribution in [1.29, 1.82) is 0 Å². The summed E-state index contributed by atoms with van der Waals surface area (Å²) in [6.07, 6.45) is 1.63. The van der Waals surface area contributed by atoms with Gasteiger partial charge in [0.2, 0.25) is 5.95 Å². The monoisotopic (exact) mass is 369 g/mol. The van der Waals surface area contributed by atoms with Gasteiger partial charge in [0.05, 0.1) is 6.20 Å². The van der Waals surface area contributed by atoms with Crippen molar-refractivity contribution in [1.82, 2.24) is 29.7 Å². The van der Waals surface area contributed by atoms with E-state index in [1.807, 2.05) is 14.1 Å². The van der Waals surface area contributed by atoms with Crippen LogP contribution in [-0.4, -0.2) is 43.8 Å². The lowest BCUT2D eigenvalue weighted by Gasteiger charge is -2.10. The molecule has 0 aliphatic carbocycles. The Hall–Kier alpha value is -3.13. The normalized spacial score (nSPS) is 11.1. The van der Waals surface area contributed by atoms with Crippen molar-refractivity contribution in [2.75, 3.05) is 19.0 Å². The third kappa shape index (κ3) is 2.84. The van der Waals surface area contributed by atoms with Crippen molar-refractivity contribution in [2.24, 2.45) is 0 Å². The molecule has 0 saturated heterocycles. The Morgan fingerprint density at radius 2 is 1.92 bits per heavy atom. The van der Waals surface area contributed by atoms with E-state index in [1.165, 1.54) is 12.1 Å². The lowest BCUT2D eigenvalue weighted by Crippen LogP contribution is -2.13. The molecule has 3 aromatic heterocycles. The van der Waals surface area contributed by atoms with Crippen LogP contribution in [0, 0.1) is 5.82 Å². The van der Waals surface area contributed by atoms with Crippen LogP contribution in [0.2, 0.25) is 5.15 Å². The van der Waals surface area contributed by atoms with E-state index in [0.717, 1.165) is 0 Å². The molecule has 0 bridgehead atoms. The lowest BCUT2D eigenvalue weighted by atomic mass is 10.2. The zero-order chi connectivity index (χ0) is 18.3. The lowest BCUT2D eigenvalue weighted by molar-refractivity contribution is 0.628. The van der Waals surface area contributed by atoms with Gasteiger partial charge in [0, 0.05) is 19.7 Å². The predicted octanol–water partition coefficient (Wildman–Crippen LogP) is 3.13. The van der Waals surface area contributed by atoms with E-state index in [-0.39, 0.29) is 11.0 Å². The summed E-state index contributed by atoms with van der Waals surface area (Å²) in [7, 11) is 3.69. The summed E-state index contributed by atoms with van der Waals surface area (Å²) in [6, 6.07) is 9.50. The van der Waals surface area contributed by atoms with Crippen LogP contribution in [0.4, 0.5) is 10.3 Å². The van der Waals surface area contributed by atoms with E-state index >= 15 is 0 Å². The van der Waals surface area contributed by atoms with Crippen LogP contribution in [0.15, 0.2) is 42.6 Å². The Morgan fingerprint density at radius 3 is 2.62 bits per heavy atom. The number of nitrogens with zero attached hydrogens (tertiary/aromatic N) is 7. The molecule has 0 unspecified atom stereocenters. The van der Waals surface area contributed by atoms with Gasteiger partial charge in [0.25, 0.3) is 0 Å². The largest absolute Gasteiger partial charge is 0.347 e. The molecule has 0 radical (unpaired) electrons. The van der Waals surface area contributed by atoms with Crippen molar-refractivity contribution in [2.45, 2.75) is 0 Å². The van der Waals surface area contributed by atoms with Crippen molar-refractivity contribution >= 4 is 28.7 Å². The van der Waals surface area contributed by atoms with Gasteiger partial charge in [-0.1, -0.05) is 23.7 Å². The number of benzene rings is 1. The molecule has 0 atom stereocenters. The number of fused-ring (bicyclic) bond motifs is 1. The van der Waals surface area contributed by atoms with Crippen LogP contribution in [0.3, 0.4) is 0 Å². The molecule has 0 amide bonds. The summed E-state index contributed by atoms with van der Waals surface area (Å²) in [5.41, 5.74) is 1.69. The van der Waals surface area contributed by atoms with Crippen molar-refractivity contribution < 1.29 is 4.39 Å². The highest BCUT2D eigenvalue weighted by Gasteiger charge is 2.18. The summed E-state index contributed by atoms with van der Waals surface area (Å²) < 4.78 is 15.5. The first-order valence-corrected chi connectivity index (χ1v) is 8.09. The molecule has 0 N–H and O–H groups in total. The second-order valence-corrected chi connectivity index (χ2v) is 6.16. The minimum absolute atomic E-state index is 0.272. The zero-order valence-electron chi connectivity index (χ0n) is 13.9. The first-order valence-electron chi connectivity index (χ1n) is 7.71. The SMILES string of the molecule is CN(C)c1ncc2nc(-c3cccc(F)c3)n(-c3ccc(Cl)nn3)c2n1. The third-order valence-electron chi connectivity index (χ3n) is 3.72. The second-order valence-electron chi connectivity index (χ2n) is 5.77. The molecular weight excluding hydrogens is 357 g/mol. The summed E-state index contributed by atoms with van der Waals surface area (Å²) in [4.78, 5) is 15.2. The summed E-state index contributed by atoms with van der Waals surface area (Å²) in [5, 5.41) is 8.29. The highest BCUT2D eigenvalue weighted by atomic mass is 35.5. The fourth-order valence-corrected chi connectivity index (χ4v) is 2.65. The Labute approximate surface area is 153 Å². The number of imidazole rings is 1. The molecule has 9 heteroatoms. The van der Waals surface area contributed by atoms with Gasteiger partial charge in [-0.2, -0.15) is 4.98 Å². The Kier molecular flexibility index (Phi) is 3.96. The second kappa shape index (κ2) is 6.30. The van der Waals surface area contributed by atoms with Crippen LogP contribution < -0.4 is 4.90 Å². The van der Waals surface area contributed by atoms with Crippen molar-refractivity contribution in [3.8, 4) is 17.2 Å². The number of anilines is 1. The fourth-order valence-electron chi connectivity index (χ4n) is 2.55. The van der Waals surface area contributed by atoms with E-state index in [0.29, 0.717) is 34.3 Å². The fraction of sp³-hybridized carbons (Fsp3) is 0.118. The highest BCUT2D eigenvalue weighted by Crippen LogP contribution is 2.27. The van der Waals surface area contributed by atoms with Gasteiger partial charge in [-0.3, -0.25) is 4.57 Å². The maximum Gasteiger partial charge on any atom is 0.226 e. The number of aromatic nitrogens is 6. The molecule has 3 heterocycles. The molecule has 0 aliphatic rings. The van der Waals surface area contributed by atoms with Crippen LogP contribution in [0.1, 0.15) is 0 Å². The highest BCUT2D eigenvalue weighted by molar-refractivity contribution is 6.29. The molecule has 0 spiro atoms. The van der Waals surface area contributed by atoms with Crippen LogP contribution >= 0.6 is 11.6 Å². The number of rotatable bonds is 3. The molecular formula is C17H13ClFN7. The number of halogens is 2. The molecule has 0 aliphatic heterocycles. The predicted molar refractivity (Wildman–Crippen MR) is 97.0 cm³/mol. The third-order valence-corrected chi connectivity index (χ3v) is 3.92. The molecule has 130 valence electrons. The minimum Gasteiger partial charge on any atom is -0.347 e. The maximum absolute atomic E-state index is 13.7. The van der Waals surface area contributed by atoms with E-state index < -0.39 is 0 Å². The first kappa shape index (κ1) is 16.3. The standard InChI is InChI=1S/C17H13ClFN7/c1-25(2)17-20-9-12-16(22-17)26(14-7-6-13(18)23-24-14)15(21-12)10-4-3-5-11(19)8-10/h3-9H,1-2H3. The van der Waals surface area contributed by atoms with E-state index in [9.17, 15) is 4.39 Å². The maximum atomic E-state index is 13.7. The zero-order valence-corrected chi connectivity index (χ0v) is 14.7. The molecule has 26 heavy (non-hydrogen) atoms. The van der Waals surface area contributed by atoms with Gasteiger partial charge in [0.1, 0.15) is 17.2 Å². The summed E-state index contributed by atoms with van der Waals surface area (Å²) in [6.45, 7) is 0. The Morgan fingerprint density at radius 1 is 1.08 bits per heavy atom. The summed E-state index contributed by atoms with van der Waals surface area (Å²) >= 11 is 5.86.